The summed E-state index contributed by atoms with van der Waals surface area (Å²) in [6.45, 7) is 4.04. The molecule has 1 aromatic carbocycles. The van der Waals surface area contributed by atoms with Crippen molar-refractivity contribution in [2.45, 2.75) is 6.42 Å². The van der Waals surface area contributed by atoms with Crippen molar-refractivity contribution in [2.24, 2.45) is 0 Å². The van der Waals surface area contributed by atoms with Crippen LogP contribution in [0.15, 0.2) is 35.8 Å². The van der Waals surface area contributed by atoms with E-state index >= 15 is 0 Å². The number of para-hydroxylation sites is 1. The van der Waals surface area contributed by atoms with Gasteiger partial charge in [-0.05, 0) is 18.6 Å². The molecule has 0 bridgehead atoms. The molecular weight excluding hydrogens is 332 g/mol. The number of halogens is 1. The van der Waals surface area contributed by atoms with E-state index < -0.39 is 0 Å². The van der Waals surface area contributed by atoms with Crippen LogP contribution in [-0.2, 0) is 4.79 Å². The van der Waals surface area contributed by atoms with Crippen LogP contribution in [-0.4, -0.2) is 48.5 Å². The van der Waals surface area contributed by atoms with E-state index in [1.54, 1.807) is 17.4 Å². The van der Waals surface area contributed by atoms with Crippen molar-refractivity contribution in [3.05, 3.63) is 40.9 Å². The standard InChI is InChI=1S/C16H19ClN4OS/c17-13-4-1-2-5-14(13)19-15(22)12-20-7-3-8-21(10-9-20)16-18-6-11-23-16/h1-2,4-6,11H,3,7-10,12H2,(H,19,22). The van der Waals surface area contributed by atoms with Crippen LogP contribution in [0.3, 0.4) is 0 Å². The Morgan fingerprint density at radius 3 is 2.91 bits per heavy atom. The predicted molar refractivity (Wildman–Crippen MR) is 95.5 cm³/mol. The number of rotatable bonds is 4. The molecular formula is C16H19ClN4OS. The third-order valence-corrected chi connectivity index (χ3v) is 4.96. The Kier molecular flexibility index (Phi) is 5.48. The molecule has 1 fully saturated rings. The normalized spacial score (nSPS) is 16.1. The highest BCUT2D eigenvalue weighted by molar-refractivity contribution is 7.13. The summed E-state index contributed by atoms with van der Waals surface area (Å²) < 4.78 is 0. The number of hydrogen-bond donors (Lipinski definition) is 1. The Bertz CT molecular complexity index is 649. The van der Waals surface area contributed by atoms with Crippen molar-refractivity contribution >= 4 is 39.7 Å². The molecule has 2 heterocycles. The third kappa shape index (κ3) is 4.43. The van der Waals surface area contributed by atoms with Crippen molar-refractivity contribution in [1.29, 1.82) is 0 Å². The number of carbonyl (C=O) groups is 1. The zero-order chi connectivity index (χ0) is 16.1. The Balaban J connectivity index is 1.52. The van der Waals surface area contributed by atoms with Crippen molar-refractivity contribution < 1.29 is 4.79 Å². The molecule has 0 atom stereocenters. The molecule has 0 saturated carbocycles. The number of hydrogen-bond acceptors (Lipinski definition) is 5. The topological polar surface area (TPSA) is 48.5 Å². The molecule has 23 heavy (non-hydrogen) atoms. The van der Waals surface area contributed by atoms with Crippen molar-refractivity contribution in [2.75, 3.05) is 42.9 Å². The zero-order valence-corrected chi connectivity index (χ0v) is 14.3. The van der Waals surface area contributed by atoms with E-state index in [1.807, 2.05) is 29.8 Å². The lowest BCUT2D eigenvalue weighted by Crippen LogP contribution is -2.36. The fourth-order valence-electron chi connectivity index (χ4n) is 2.65. The highest BCUT2D eigenvalue weighted by Gasteiger charge is 2.18. The van der Waals surface area contributed by atoms with E-state index in [0.29, 0.717) is 17.3 Å². The van der Waals surface area contributed by atoms with Crippen LogP contribution >= 0.6 is 22.9 Å². The lowest BCUT2D eigenvalue weighted by molar-refractivity contribution is -0.117. The van der Waals surface area contributed by atoms with Gasteiger partial charge in [0.1, 0.15) is 0 Å². The van der Waals surface area contributed by atoms with Crippen LogP contribution in [0.25, 0.3) is 0 Å². The fraction of sp³-hybridized carbons (Fsp3) is 0.375. The minimum absolute atomic E-state index is 0.0270. The fourth-order valence-corrected chi connectivity index (χ4v) is 3.53. The first-order valence-corrected chi connectivity index (χ1v) is 8.89. The van der Waals surface area contributed by atoms with E-state index in [1.165, 1.54) is 0 Å². The van der Waals surface area contributed by atoms with Gasteiger partial charge >= 0.3 is 0 Å². The second-order valence-corrected chi connectivity index (χ2v) is 6.74. The summed E-state index contributed by atoms with van der Waals surface area (Å²) in [6, 6.07) is 7.29. The maximum absolute atomic E-state index is 12.2. The van der Waals surface area contributed by atoms with Gasteiger partial charge < -0.3 is 10.2 Å². The first kappa shape index (κ1) is 16.2. The highest BCUT2D eigenvalue weighted by Crippen LogP contribution is 2.21. The molecule has 5 nitrogen and oxygen atoms in total. The first-order chi connectivity index (χ1) is 11.2. The van der Waals surface area contributed by atoms with E-state index in [-0.39, 0.29) is 5.91 Å². The smallest absolute Gasteiger partial charge is 0.238 e. The van der Waals surface area contributed by atoms with Gasteiger partial charge in [-0.2, -0.15) is 0 Å². The van der Waals surface area contributed by atoms with Gasteiger partial charge in [0, 0.05) is 37.8 Å². The molecule has 2 aromatic rings. The third-order valence-electron chi connectivity index (χ3n) is 3.79. The van der Waals surface area contributed by atoms with E-state index in [4.69, 9.17) is 11.6 Å². The summed E-state index contributed by atoms with van der Waals surface area (Å²) >= 11 is 7.73. The van der Waals surface area contributed by atoms with Crippen LogP contribution in [0, 0.1) is 0 Å². The molecule has 3 rings (SSSR count). The second kappa shape index (κ2) is 7.77. The number of benzene rings is 1. The molecule has 0 spiro atoms. The summed E-state index contributed by atoms with van der Waals surface area (Å²) in [7, 11) is 0. The Morgan fingerprint density at radius 1 is 1.26 bits per heavy atom. The van der Waals surface area contributed by atoms with Gasteiger partial charge in [-0.15, -0.1) is 11.3 Å². The van der Waals surface area contributed by atoms with Gasteiger partial charge in [0.2, 0.25) is 5.91 Å². The quantitative estimate of drug-likeness (QED) is 0.921. The van der Waals surface area contributed by atoms with E-state index in [9.17, 15) is 4.79 Å². The summed E-state index contributed by atoms with van der Waals surface area (Å²) in [5, 5.41) is 6.50. The van der Waals surface area contributed by atoms with Gasteiger partial charge in [0.05, 0.1) is 17.3 Å². The molecule has 1 N–H and O–H groups in total. The maximum Gasteiger partial charge on any atom is 0.238 e. The molecule has 7 heteroatoms. The highest BCUT2D eigenvalue weighted by atomic mass is 35.5. The maximum atomic E-state index is 12.2. The number of carbonyl (C=O) groups excluding carboxylic acids is 1. The molecule has 1 amide bonds. The van der Waals surface area contributed by atoms with Crippen molar-refractivity contribution in [3.8, 4) is 0 Å². The molecule has 1 aromatic heterocycles. The van der Waals surface area contributed by atoms with Gasteiger partial charge in [-0.3, -0.25) is 9.69 Å². The largest absolute Gasteiger partial charge is 0.347 e. The lowest BCUT2D eigenvalue weighted by Gasteiger charge is -2.21. The summed E-state index contributed by atoms with van der Waals surface area (Å²) in [5.74, 6) is -0.0270. The molecule has 1 aliphatic rings. The number of aromatic nitrogens is 1. The minimum Gasteiger partial charge on any atom is -0.347 e. The van der Waals surface area contributed by atoms with Crippen molar-refractivity contribution in [3.63, 3.8) is 0 Å². The SMILES string of the molecule is O=C(CN1CCCN(c2nccs2)CC1)Nc1ccccc1Cl. The molecule has 0 radical (unpaired) electrons. The van der Waals surface area contributed by atoms with Crippen LogP contribution in [0.2, 0.25) is 5.02 Å². The number of anilines is 2. The Hall–Kier alpha value is -1.63. The van der Waals surface area contributed by atoms with Gasteiger partial charge in [-0.1, -0.05) is 23.7 Å². The van der Waals surface area contributed by atoms with Crippen LogP contribution < -0.4 is 10.2 Å². The number of thiazole rings is 1. The predicted octanol–water partition coefficient (Wildman–Crippen LogP) is 2.95. The van der Waals surface area contributed by atoms with Crippen LogP contribution in [0.4, 0.5) is 10.8 Å². The van der Waals surface area contributed by atoms with Crippen molar-refractivity contribution in [1.82, 2.24) is 9.88 Å². The van der Waals surface area contributed by atoms with Crippen LogP contribution in [0.1, 0.15) is 6.42 Å². The average molecular weight is 351 g/mol. The number of nitrogens with zero attached hydrogens (tertiary/aromatic N) is 3. The minimum atomic E-state index is -0.0270. The monoisotopic (exact) mass is 350 g/mol. The summed E-state index contributed by atoms with van der Waals surface area (Å²) in [6.07, 6.45) is 2.86. The average Bonchev–Trinajstić information content (AvgIpc) is 2.97. The number of amides is 1. The zero-order valence-electron chi connectivity index (χ0n) is 12.7. The van der Waals surface area contributed by atoms with Gasteiger partial charge in [0.25, 0.3) is 0 Å². The molecule has 122 valence electrons. The molecule has 0 aliphatic carbocycles. The summed E-state index contributed by atoms with van der Waals surface area (Å²) in [5.41, 5.74) is 0.665. The second-order valence-electron chi connectivity index (χ2n) is 5.46. The van der Waals surface area contributed by atoms with E-state index in [0.717, 1.165) is 37.7 Å². The van der Waals surface area contributed by atoms with E-state index in [2.05, 4.69) is 20.1 Å². The Morgan fingerprint density at radius 2 is 2.13 bits per heavy atom. The van der Waals surface area contributed by atoms with Crippen LogP contribution in [0.5, 0.6) is 0 Å². The molecule has 1 saturated heterocycles. The number of nitrogens with one attached hydrogen (secondary N) is 1. The summed E-state index contributed by atoms with van der Waals surface area (Å²) in [4.78, 5) is 21.1. The molecule has 1 aliphatic heterocycles. The van der Waals surface area contributed by atoms with Gasteiger partial charge in [0.15, 0.2) is 5.13 Å². The molecule has 0 unspecified atom stereocenters. The van der Waals surface area contributed by atoms with Gasteiger partial charge in [-0.25, -0.2) is 4.98 Å². The lowest BCUT2D eigenvalue weighted by atomic mass is 10.3. The Labute approximate surface area is 144 Å². The first-order valence-electron chi connectivity index (χ1n) is 7.63.